The highest BCUT2D eigenvalue weighted by atomic mass is 32.2. The number of aromatic nitrogens is 4. The molecule has 1 fully saturated rings. The lowest BCUT2D eigenvalue weighted by Gasteiger charge is -2.32. The summed E-state index contributed by atoms with van der Waals surface area (Å²) in [6, 6.07) is 0.943. The Kier molecular flexibility index (Phi) is 7.35. The second-order valence-corrected chi connectivity index (χ2v) is 13.7. The molecule has 0 bridgehead atoms. The third-order valence-corrected chi connectivity index (χ3v) is 10.3. The molecule has 0 unspecified atom stereocenters. The van der Waals surface area contributed by atoms with E-state index in [0.29, 0.717) is 27.5 Å². The fourth-order valence-electron chi connectivity index (χ4n) is 4.60. The molecule has 0 saturated heterocycles. The normalized spacial score (nSPS) is 22.7. The molecule has 10 nitrogen and oxygen atoms in total. The van der Waals surface area contributed by atoms with Crippen molar-refractivity contribution in [2.75, 3.05) is 23.4 Å². The first kappa shape index (κ1) is 28.4. The van der Waals surface area contributed by atoms with Crippen LogP contribution in [0.4, 0.5) is 24.9 Å². The number of alkyl halides is 3. The molecular formula is C23H29F3N6O4S2. The number of halogens is 3. The quantitative estimate of drug-likeness (QED) is 0.332. The Morgan fingerprint density at radius 2 is 1.79 bits per heavy atom. The summed E-state index contributed by atoms with van der Waals surface area (Å²) in [6.45, 7) is 5.03. The predicted octanol–water partition coefficient (Wildman–Crippen LogP) is 3.08. The maximum Gasteiger partial charge on any atom is 0.405 e. The Labute approximate surface area is 221 Å². The molecule has 0 aliphatic heterocycles. The summed E-state index contributed by atoms with van der Waals surface area (Å²) in [5, 5.41) is 27.3. The minimum Gasteiger partial charge on any atom is -0.390 e. The smallest absolute Gasteiger partial charge is 0.390 e. The highest BCUT2D eigenvalue weighted by Crippen LogP contribution is 2.42. The SMILES string of the molecule is Cc1nc(NCC(F)(F)F)nc(N[C@@H]2C[C@H](C(C)(C)S(C)(=O)=O)[C@@H](O)[C@H]2O)c1-c1nc2c(C)nccc2s1. The molecule has 3 aromatic heterocycles. The standard InChI is InChI=1S/C23H29F3N6O4S2/c1-10-15(20-31-16-11(2)27-7-6-14(16)37-20)19(32-21(29-10)28-9-23(24,25)26)30-13-8-12(17(33)18(13)34)22(3,4)38(5,35)36/h6-7,12-13,17-18,33-34H,8-9H2,1-5H3,(H2,28,29,30,32)/t12-,13+,17+,18-/m0/s1. The number of pyridine rings is 1. The average Bonchev–Trinajstić information content (AvgIpc) is 3.34. The first-order valence-corrected chi connectivity index (χ1v) is 14.4. The predicted molar refractivity (Wildman–Crippen MR) is 139 cm³/mol. The van der Waals surface area contributed by atoms with Gasteiger partial charge < -0.3 is 20.8 Å². The van der Waals surface area contributed by atoms with Crippen LogP contribution in [0.5, 0.6) is 0 Å². The molecule has 1 aliphatic carbocycles. The van der Waals surface area contributed by atoms with E-state index in [-0.39, 0.29) is 18.2 Å². The van der Waals surface area contributed by atoms with Crippen molar-refractivity contribution in [2.24, 2.45) is 5.92 Å². The second-order valence-electron chi connectivity index (χ2n) is 10.0. The van der Waals surface area contributed by atoms with Crippen LogP contribution in [0.3, 0.4) is 0 Å². The lowest BCUT2D eigenvalue weighted by Crippen LogP contribution is -2.45. The van der Waals surface area contributed by atoms with Gasteiger partial charge in [0.2, 0.25) is 5.95 Å². The number of hydrogen-bond donors (Lipinski definition) is 4. The summed E-state index contributed by atoms with van der Waals surface area (Å²) < 4.78 is 62.9. The van der Waals surface area contributed by atoms with Gasteiger partial charge in [0, 0.05) is 18.4 Å². The van der Waals surface area contributed by atoms with Crippen LogP contribution < -0.4 is 10.6 Å². The van der Waals surface area contributed by atoms with E-state index in [4.69, 9.17) is 0 Å². The summed E-state index contributed by atoms with van der Waals surface area (Å²) in [7, 11) is -3.60. The van der Waals surface area contributed by atoms with Gasteiger partial charge in [-0.05, 0) is 40.2 Å². The molecule has 4 N–H and O–H groups in total. The third-order valence-electron chi connectivity index (χ3n) is 7.09. The van der Waals surface area contributed by atoms with E-state index in [0.717, 1.165) is 11.0 Å². The van der Waals surface area contributed by atoms with E-state index >= 15 is 0 Å². The van der Waals surface area contributed by atoms with E-state index in [1.165, 1.54) is 25.2 Å². The Bertz CT molecular complexity index is 1460. The number of anilines is 2. The van der Waals surface area contributed by atoms with Crippen molar-refractivity contribution in [3.63, 3.8) is 0 Å². The largest absolute Gasteiger partial charge is 0.405 e. The van der Waals surface area contributed by atoms with Gasteiger partial charge in [0.15, 0.2) is 9.84 Å². The molecule has 3 aromatic rings. The number of nitrogens with one attached hydrogen (secondary N) is 2. The maximum absolute atomic E-state index is 12.9. The summed E-state index contributed by atoms with van der Waals surface area (Å²) >= 11 is 1.32. The second kappa shape index (κ2) is 9.84. The fraction of sp³-hybridized carbons (Fsp3) is 0.565. The molecule has 0 spiro atoms. The van der Waals surface area contributed by atoms with Gasteiger partial charge >= 0.3 is 6.18 Å². The summed E-state index contributed by atoms with van der Waals surface area (Å²) in [5.41, 5.74) is 2.10. The maximum atomic E-state index is 12.9. The number of rotatable bonds is 7. The zero-order valence-electron chi connectivity index (χ0n) is 21.3. The van der Waals surface area contributed by atoms with E-state index in [1.807, 2.05) is 0 Å². The molecule has 0 amide bonds. The fourth-order valence-corrected chi connectivity index (χ4v) is 6.50. The zero-order chi connectivity index (χ0) is 28.2. The summed E-state index contributed by atoms with van der Waals surface area (Å²) in [6.07, 6.45) is -4.44. The molecule has 4 atom stereocenters. The van der Waals surface area contributed by atoms with Crippen LogP contribution >= 0.6 is 11.3 Å². The molecule has 1 aliphatic rings. The Hall–Kier alpha value is -2.62. The molecule has 0 aromatic carbocycles. The Morgan fingerprint density at radius 1 is 1.11 bits per heavy atom. The molecule has 38 heavy (non-hydrogen) atoms. The number of aryl methyl sites for hydroxylation is 2. The molecule has 1 saturated carbocycles. The van der Waals surface area contributed by atoms with Crippen molar-refractivity contribution in [3.05, 3.63) is 23.7 Å². The average molecular weight is 575 g/mol. The number of sulfone groups is 1. The van der Waals surface area contributed by atoms with Gasteiger partial charge in [-0.2, -0.15) is 18.2 Å². The molecular weight excluding hydrogens is 545 g/mol. The monoisotopic (exact) mass is 574 g/mol. The van der Waals surface area contributed by atoms with Crippen LogP contribution in [0, 0.1) is 19.8 Å². The minimum atomic E-state index is -4.50. The van der Waals surface area contributed by atoms with Crippen molar-refractivity contribution in [1.82, 2.24) is 19.9 Å². The lowest BCUT2D eigenvalue weighted by atomic mass is 9.91. The zero-order valence-corrected chi connectivity index (χ0v) is 23.0. The van der Waals surface area contributed by atoms with Crippen LogP contribution in [0.15, 0.2) is 12.3 Å². The number of thiazole rings is 1. The number of hydrogen-bond acceptors (Lipinski definition) is 11. The van der Waals surface area contributed by atoms with Crippen LogP contribution in [0.1, 0.15) is 31.7 Å². The first-order valence-electron chi connectivity index (χ1n) is 11.7. The Morgan fingerprint density at radius 3 is 2.39 bits per heavy atom. The van der Waals surface area contributed by atoms with Crippen molar-refractivity contribution >= 4 is 43.2 Å². The molecule has 15 heteroatoms. The van der Waals surface area contributed by atoms with Crippen molar-refractivity contribution in [1.29, 1.82) is 0 Å². The minimum absolute atomic E-state index is 0.0685. The molecule has 208 valence electrons. The first-order chi connectivity index (χ1) is 17.5. The van der Waals surface area contributed by atoms with Crippen LogP contribution in [-0.2, 0) is 9.84 Å². The highest BCUT2D eigenvalue weighted by molar-refractivity contribution is 7.92. The van der Waals surface area contributed by atoms with Gasteiger partial charge in [-0.3, -0.25) is 4.98 Å². The van der Waals surface area contributed by atoms with Crippen LogP contribution in [-0.4, -0.2) is 80.5 Å². The van der Waals surface area contributed by atoms with Gasteiger partial charge in [-0.15, -0.1) is 11.3 Å². The molecule has 4 rings (SSSR count). The number of aliphatic hydroxyl groups excluding tert-OH is 2. The molecule has 0 radical (unpaired) electrons. The topological polar surface area (TPSA) is 150 Å². The van der Waals surface area contributed by atoms with E-state index in [1.54, 1.807) is 26.1 Å². The van der Waals surface area contributed by atoms with E-state index in [9.17, 15) is 31.8 Å². The summed E-state index contributed by atoms with van der Waals surface area (Å²) in [5.74, 6) is -0.998. The number of nitrogens with zero attached hydrogens (tertiary/aromatic N) is 4. The van der Waals surface area contributed by atoms with Crippen molar-refractivity contribution in [2.45, 2.75) is 63.3 Å². The number of aliphatic hydroxyl groups is 2. The van der Waals surface area contributed by atoms with Crippen LogP contribution in [0.25, 0.3) is 20.8 Å². The van der Waals surface area contributed by atoms with Crippen molar-refractivity contribution < 1.29 is 31.8 Å². The van der Waals surface area contributed by atoms with Crippen LogP contribution in [0.2, 0.25) is 0 Å². The van der Waals surface area contributed by atoms with E-state index < -0.39 is 51.5 Å². The Balaban J connectivity index is 1.77. The third kappa shape index (κ3) is 5.42. The lowest BCUT2D eigenvalue weighted by molar-refractivity contribution is -0.115. The van der Waals surface area contributed by atoms with E-state index in [2.05, 4.69) is 30.6 Å². The number of fused-ring (bicyclic) bond motifs is 1. The molecule has 3 heterocycles. The summed E-state index contributed by atoms with van der Waals surface area (Å²) in [4.78, 5) is 17.4. The van der Waals surface area contributed by atoms with Gasteiger partial charge in [0.25, 0.3) is 0 Å². The van der Waals surface area contributed by atoms with Gasteiger partial charge in [0.1, 0.15) is 29.0 Å². The van der Waals surface area contributed by atoms with Crippen molar-refractivity contribution in [3.8, 4) is 10.6 Å². The van der Waals surface area contributed by atoms with Gasteiger partial charge in [-0.1, -0.05) is 0 Å². The van der Waals surface area contributed by atoms with Gasteiger partial charge in [0.05, 0.1) is 38.5 Å². The van der Waals surface area contributed by atoms with Gasteiger partial charge in [-0.25, -0.2) is 18.4 Å². The highest BCUT2D eigenvalue weighted by Gasteiger charge is 2.52.